The van der Waals surface area contributed by atoms with Gasteiger partial charge in [-0.1, -0.05) is 65.2 Å². The van der Waals surface area contributed by atoms with Crippen LogP contribution < -0.4 is 0 Å². The number of hydrogen-bond donors (Lipinski definition) is 0. The van der Waals surface area contributed by atoms with Crippen LogP contribution >= 0.6 is 23.2 Å². The Morgan fingerprint density at radius 3 is 2.23 bits per heavy atom. The molecule has 3 aromatic rings. The van der Waals surface area contributed by atoms with Crippen LogP contribution in [0.1, 0.15) is 66.0 Å². The molecule has 1 saturated heterocycles. The molecule has 3 aliphatic rings. The second-order valence-corrected chi connectivity index (χ2v) is 15.2. The van der Waals surface area contributed by atoms with Gasteiger partial charge in [0, 0.05) is 22.5 Å². The summed E-state index contributed by atoms with van der Waals surface area (Å²) in [4.78, 5) is 27.5. The average molecular weight is 695 g/mol. The number of allylic oxidation sites excluding steroid dienone is 1. The molecule has 47 heavy (non-hydrogen) atoms. The topological polar surface area (TPSA) is 96.3 Å². The van der Waals surface area contributed by atoms with Gasteiger partial charge in [0.25, 0.3) is 5.91 Å². The molecule has 8 nitrogen and oxygen atoms in total. The Kier molecular flexibility index (Phi) is 9.63. The first-order chi connectivity index (χ1) is 22.4. The van der Waals surface area contributed by atoms with Crippen LogP contribution in [0, 0.1) is 26.7 Å². The minimum Gasteiger partial charge on any atom is -0.454 e. The molecule has 0 radical (unpaired) electrons. The van der Waals surface area contributed by atoms with Gasteiger partial charge < -0.3 is 4.74 Å². The van der Waals surface area contributed by atoms with E-state index in [-0.39, 0.29) is 17.4 Å². The fourth-order valence-corrected chi connectivity index (χ4v) is 9.52. The fourth-order valence-electron chi connectivity index (χ4n) is 7.21. The third-order valence-corrected chi connectivity index (χ3v) is 11.9. The number of sulfonamides is 1. The van der Waals surface area contributed by atoms with E-state index in [0.717, 1.165) is 47.2 Å². The second kappa shape index (κ2) is 13.5. The molecule has 246 valence electrons. The molecule has 0 spiro atoms. The Labute approximate surface area is 286 Å². The van der Waals surface area contributed by atoms with Crippen molar-refractivity contribution in [1.29, 1.82) is 0 Å². The molecular weight excluding hydrogens is 657 g/mol. The molecule has 1 saturated carbocycles. The SMILES string of the molecule is Cc1cc(C)c(S(=O)(=O)N2CCCC2C(=O)OCC(=O)N2N=C3/C(=C\c4ccc(Cl)cc4)CCCC3C2c2ccc(Cl)cc2)c(C)c1. The van der Waals surface area contributed by atoms with Crippen LogP contribution in [0.3, 0.4) is 0 Å². The largest absolute Gasteiger partial charge is 0.454 e. The molecule has 0 bridgehead atoms. The lowest BCUT2D eigenvalue weighted by atomic mass is 9.77. The number of rotatable bonds is 7. The molecule has 0 N–H and O–H groups in total. The Morgan fingerprint density at radius 1 is 0.936 bits per heavy atom. The number of nitrogens with zero attached hydrogens (tertiary/aromatic N) is 3. The number of carbonyl (C=O) groups excluding carboxylic acids is 2. The van der Waals surface area contributed by atoms with E-state index in [4.69, 9.17) is 33.0 Å². The minimum atomic E-state index is -3.97. The Morgan fingerprint density at radius 2 is 1.57 bits per heavy atom. The smallest absolute Gasteiger partial charge is 0.324 e. The summed E-state index contributed by atoms with van der Waals surface area (Å²) in [6.45, 7) is 5.08. The number of hydrogen-bond acceptors (Lipinski definition) is 6. The molecular formula is C36H37Cl2N3O5S. The van der Waals surface area contributed by atoms with Crippen molar-refractivity contribution in [1.82, 2.24) is 9.31 Å². The van der Waals surface area contributed by atoms with E-state index in [1.165, 1.54) is 9.31 Å². The van der Waals surface area contributed by atoms with Gasteiger partial charge in [-0.3, -0.25) is 9.59 Å². The lowest BCUT2D eigenvalue weighted by molar-refractivity contribution is -0.155. The van der Waals surface area contributed by atoms with E-state index in [1.807, 2.05) is 55.5 Å². The van der Waals surface area contributed by atoms with Gasteiger partial charge in [0.15, 0.2) is 6.61 Å². The van der Waals surface area contributed by atoms with Gasteiger partial charge in [-0.15, -0.1) is 0 Å². The van der Waals surface area contributed by atoms with Crippen molar-refractivity contribution in [2.75, 3.05) is 13.2 Å². The van der Waals surface area contributed by atoms with Crippen molar-refractivity contribution in [2.24, 2.45) is 11.0 Å². The van der Waals surface area contributed by atoms with E-state index < -0.39 is 40.6 Å². The monoisotopic (exact) mass is 693 g/mol. The van der Waals surface area contributed by atoms with E-state index in [1.54, 1.807) is 26.0 Å². The van der Waals surface area contributed by atoms with Gasteiger partial charge in [0.2, 0.25) is 10.0 Å². The standard InChI is InChI=1S/C36H37Cl2N3O5S/c1-22-18-23(2)35(24(3)19-22)47(44,45)40-17-5-8-31(40)36(43)46-21-32(42)41-34(26-11-15-29(38)16-12-26)30-7-4-6-27(33(30)39-41)20-25-9-13-28(37)14-10-25/h9-16,18-20,30-31,34H,4-8,17,21H2,1-3H3/b27-20-. The molecule has 2 heterocycles. The maximum Gasteiger partial charge on any atom is 0.324 e. The lowest BCUT2D eigenvalue weighted by Crippen LogP contribution is -2.43. The number of aryl methyl sites for hydroxylation is 3. The van der Waals surface area contributed by atoms with E-state index >= 15 is 0 Å². The van der Waals surface area contributed by atoms with Crippen LogP contribution in [0.4, 0.5) is 0 Å². The molecule has 6 rings (SSSR count). The summed E-state index contributed by atoms with van der Waals surface area (Å²) in [5, 5.41) is 7.52. The quantitative estimate of drug-likeness (QED) is 0.240. The number of halogens is 2. The predicted molar refractivity (Wildman–Crippen MR) is 184 cm³/mol. The van der Waals surface area contributed by atoms with Crippen LogP contribution in [0.5, 0.6) is 0 Å². The second-order valence-electron chi connectivity index (χ2n) is 12.5. The summed E-state index contributed by atoms with van der Waals surface area (Å²) in [6, 6.07) is 17.2. The number of fused-ring (bicyclic) bond motifs is 1. The van der Waals surface area contributed by atoms with Crippen molar-refractivity contribution in [3.05, 3.63) is 104 Å². The van der Waals surface area contributed by atoms with Crippen molar-refractivity contribution >= 4 is 56.9 Å². The number of hydrazone groups is 1. The number of ether oxygens (including phenoxy) is 1. The number of esters is 1. The van der Waals surface area contributed by atoms with Crippen molar-refractivity contribution in [3.8, 4) is 0 Å². The molecule has 0 aromatic heterocycles. The minimum absolute atomic E-state index is 0.0559. The predicted octanol–water partition coefficient (Wildman–Crippen LogP) is 7.44. The highest BCUT2D eigenvalue weighted by molar-refractivity contribution is 7.89. The van der Waals surface area contributed by atoms with Crippen molar-refractivity contribution in [2.45, 2.75) is 69.9 Å². The van der Waals surface area contributed by atoms with Crippen LogP contribution in [-0.2, 0) is 24.3 Å². The van der Waals surface area contributed by atoms with E-state index in [2.05, 4.69) is 6.08 Å². The number of benzene rings is 3. The first-order valence-corrected chi connectivity index (χ1v) is 18.0. The van der Waals surface area contributed by atoms with Crippen LogP contribution in [-0.4, -0.2) is 54.5 Å². The highest BCUT2D eigenvalue weighted by Crippen LogP contribution is 2.44. The molecule has 11 heteroatoms. The third-order valence-electron chi connectivity index (χ3n) is 9.16. The molecule has 2 fully saturated rings. The van der Waals surface area contributed by atoms with Crippen LogP contribution in [0.15, 0.2) is 76.2 Å². The zero-order valence-electron chi connectivity index (χ0n) is 26.6. The fraction of sp³-hybridized carbons (Fsp3) is 0.361. The van der Waals surface area contributed by atoms with Gasteiger partial charge in [0.1, 0.15) is 6.04 Å². The molecule has 1 amide bonds. The lowest BCUT2D eigenvalue weighted by Gasteiger charge is -2.30. The maximum atomic E-state index is 13.8. The molecule has 3 unspecified atom stereocenters. The first kappa shape index (κ1) is 33.4. The summed E-state index contributed by atoms with van der Waals surface area (Å²) >= 11 is 12.3. The normalized spacial score (nSPS) is 22.3. The van der Waals surface area contributed by atoms with Crippen LogP contribution in [0.25, 0.3) is 6.08 Å². The summed E-state index contributed by atoms with van der Waals surface area (Å²) < 4.78 is 34.4. The van der Waals surface area contributed by atoms with Gasteiger partial charge in [-0.05, 0) is 111 Å². The molecule has 2 aliphatic heterocycles. The molecule has 1 aliphatic carbocycles. The highest BCUT2D eigenvalue weighted by Gasteiger charge is 2.45. The zero-order valence-corrected chi connectivity index (χ0v) is 28.9. The number of carbonyl (C=O) groups is 2. The molecule has 3 atom stereocenters. The van der Waals surface area contributed by atoms with Crippen LogP contribution in [0.2, 0.25) is 10.0 Å². The summed E-state index contributed by atoms with van der Waals surface area (Å²) in [5.74, 6) is -1.28. The Bertz CT molecular complexity index is 1850. The summed E-state index contributed by atoms with van der Waals surface area (Å²) in [7, 11) is -3.97. The third kappa shape index (κ3) is 6.77. The molecule has 3 aromatic carbocycles. The van der Waals surface area contributed by atoms with E-state index in [0.29, 0.717) is 34.0 Å². The van der Waals surface area contributed by atoms with Gasteiger partial charge in [-0.25, -0.2) is 13.4 Å². The Hall–Kier alpha value is -3.50. The van der Waals surface area contributed by atoms with Gasteiger partial charge in [0.05, 0.1) is 16.6 Å². The van der Waals surface area contributed by atoms with Gasteiger partial charge in [-0.2, -0.15) is 9.41 Å². The summed E-state index contributed by atoms with van der Waals surface area (Å²) in [5.41, 5.74) is 5.97. The van der Waals surface area contributed by atoms with E-state index in [9.17, 15) is 18.0 Å². The average Bonchev–Trinajstić information content (AvgIpc) is 3.68. The highest BCUT2D eigenvalue weighted by atomic mass is 35.5. The number of amides is 1. The zero-order chi connectivity index (χ0) is 33.5. The first-order valence-electron chi connectivity index (χ1n) is 15.8. The van der Waals surface area contributed by atoms with Crippen molar-refractivity contribution in [3.63, 3.8) is 0 Å². The van der Waals surface area contributed by atoms with Gasteiger partial charge >= 0.3 is 5.97 Å². The van der Waals surface area contributed by atoms with Crippen molar-refractivity contribution < 1.29 is 22.7 Å². The maximum absolute atomic E-state index is 13.8. The Balaban J connectivity index is 1.24. The summed E-state index contributed by atoms with van der Waals surface area (Å²) in [6.07, 6.45) is 5.49.